The van der Waals surface area contributed by atoms with Gasteiger partial charge in [0.15, 0.2) is 9.84 Å². The molecule has 1 saturated heterocycles. The number of aliphatic carboxylic acids is 1. The maximum Gasteiger partial charge on any atom is 0.310 e. The zero-order valence-electron chi connectivity index (χ0n) is 11.3. The van der Waals surface area contributed by atoms with Crippen molar-refractivity contribution < 1.29 is 18.3 Å². The highest BCUT2D eigenvalue weighted by Gasteiger charge is 2.38. The zero-order valence-corrected chi connectivity index (χ0v) is 12.2. The van der Waals surface area contributed by atoms with Gasteiger partial charge in [0.1, 0.15) is 0 Å². The molecule has 1 aliphatic heterocycles. The fourth-order valence-corrected chi connectivity index (χ4v) is 4.15. The third kappa shape index (κ3) is 3.68. The smallest absolute Gasteiger partial charge is 0.310 e. The summed E-state index contributed by atoms with van der Waals surface area (Å²) in [5.41, 5.74) is -0.788. The molecule has 1 aliphatic rings. The van der Waals surface area contributed by atoms with E-state index in [2.05, 4.69) is 0 Å². The highest BCUT2D eigenvalue weighted by Crippen LogP contribution is 2.27. The predicted octanol–water partition coefficient (Wildman–Crippen LogP) is 0.996. The van der Waals surface area contributed by atoms with Crippen LogP contribution in [-0.4, -0.2) is 55.0 Å². The van der Waals surface area contributed by atoms with Gasteiger partial charge in [-0.05, 0) is 20.3 Å². The van der Waals surface area contributed by atoms with E-state index in [1.54, 1.807) is 6.92 Å². The monoisotopic (exact) mass is 277 g/mol. The average Bonchev–Trinajstić information content (AvgIpc) is 2.22. The summed E-state index contributed by atoms with van der Waals surface area (Å²) in [5.74, 6) is -0.529. The minimum atomic E-state index is -2.94. The van der Waals surface area contributed by atoms with Crippen molar-refractivity contribution in [3.63, 3.8) is 0 Å². The van der Waals surface area contributed by atoms with Gasteiger partial charge >= 0.3 is 5.97 Å². The van der Waals surface area contributed by atoms with E-state index in [1.165, 1.54) is 0 Å². The minimum Gasteiger partial charge on any atom is -0.481 e. The lowest BCUT2D eigenvalue weighted by molar-refractivity contribution is -0.149. The lowest BCUT2D eigenvalue weighted by Gasteiger charge is -2.38. The molecule has 18 heavy (non-hydrogen) atoms. The van der Waals surface area contributed by atoms with Crippen LogP contribution in [0.2, 0.25) is 0 Å². The van der Waals surface area contributed by atoms with Gasteiger partial charge in [0.25, 0.3) is 0 Å². The second-order valence-corrected chi connectivity index (χ2v) is 7.78. The van der Waals surface area contributed by atoms with Gasteiger partial charge < -0.3 is 5.11 Å². The molecule has 1 N–H and O–H groups in total. The molecule has 0 saturated carbocycles. The van der Waals surface area contributed by atoms with Crippen LogP contribution in [0.5, 0.6) is 0 Å². The third-order valence-corrected chi connectivity index (χ3v) is 5.47. The first-order chi connectivity index (χ1) is 8.20. The number of hydrogen-bond donors (Lipinski definition) is 1. The molecule has 6 heteroatoms. The Morgan fingerprint density at radius 2 is 2.11 bits per heavy atom. The number of carbonyl (C=O) groups is 1. The van der Waals surface area contributed by atoms with Crippen molar-refractivity contribution in [3.05, 3.63) is 0 Å². The van der Waals surface area contributed by atoms with Crippen LogP contribution in [0.4, 0.5) is 0 Å². The first-order valence-electron chi connectivity index (χ1n) is 6.38. The molecule has 1 rings (SSSR count). The van der Waals surface area contributed by atoms with E-state index in [4.69, 9.17) is 0 Å². The van der Waals surface area contributed by atoms with E-state index in [0.29, 0.717) is 19.5 Å². The summed E-state index contributed by atoms with van der Waals surface area (Å²) in [7, 11) is -2.94. The molecule has 0 aromatic carbocycles. The predicted molar refractivity (Wildman–Crippen MR) is 70.3 cm³/mol. The van der Waals surface area contributed by atoms with E-state index in [-0.39, 0.29) is 17.5 Å². The van der Waals surface area contributed by atoms with Crippen LogP contribution in [-0.2, 0) is 14.6 Å². The van der Waals surface area contributed by atoms with Gasteiger partial charge in [-0.2, -0.15) is 0 Å². The SMILES string of the molecule is CCCC(C)(CN1CCS(=O)(=O)CC1C)C(=O)O. The molecular formula is C12H23NO4S. The Hall–Kier alpha value is -0.620. The highest BCUT2D eigenvalue weighted by molar-refractivity contribution is 7.91. The van der Waals surface area contributed by atoms with Crippen LogP contribution in [0.15, 0.2) is 0 Å². The fraction of sp³-hybridized carbons (Fsp3) is 0.917. The van der Waals surface area contributed by atoms with Crippen LogP contribution in [0.1, 0.15) is 33.6 Å². The molecule has 106 valence electrons. The van der Waals surface area contributed by atoms with Gasteiger partial charge in [0.2, 0.25) is 0 Å². The number of hydrogen-bond acceptors (Lipinski definition) is 4. The van der Waals surface area contributed by atoms with Crippen LogP contribution in [0.3, 0.4) is 0 Å². The third-order valence-electron chi connectivity index (χ3n) is 3.68. The minimum absolute atomic E-state index is 0.0979. The normalized spacial score (nSPS) is 27.6. The van der Waals surface area contributed by atoms with E-state index in [1.807, 2.05) is 18.7 Å². The van der Waals surface area contributed by atoms with Gasteiger partial charge in [0, 0.05) is 19.1 Å². The van der Waals surface area contributed by atoms with Crippen LogP contribution in [0.25, 0.3) is 0 Å². The lowest BCUT2D eigenvalue weighted by Crippen LogP contribution is -2.52. The van der Waals surface area contributed by atoms with Gasteiger partial charge in [0.05, 0.1) is 16.9 Å². The lowest BCUT2D eigenvalue weighted by atomic mass is 9.84. The molecule has 0 aromatic rings. The quantitative estimate of drug-likeness (QED) is 0.811. The summed E-state index contributed by atoms with van der Waals surface area (Å²) in [6.45, 7) is 6.42. The van der Waals surface area contributed by atoms with Crippen molar-refractivity contribution in [3.8, 4) is 0 Å². The van der Waals surface area contributed by atoms with Gasteiger partial charge in [-0.15, -0.1) is 0 Å². The molecule has 0 amide bonds. The molecule has 0 radical (unpaired) electrons. The van der Waals surface area contributed by atoms with E-state index < -0.39 is 21.2 Å². The van der Waals surface area contributed by atoms with Crippen LogP contribution < -0.4 is 0 Å². The number of carboxylic acids is 1. The Balaban J connectivity index is 2.74. The summed E-state index contributed by atoms with van der Waals surface area (Å²) in [4.78, 5) is 13.4. The zero-order chi connectivity index (χ0) is 14.0. The number of carboxylic acid groups (broad SMARTS) is 1. The summed E-state index contributed by atoms with van der Waals surface area (Å²) >= 11 is 0. The van der Waals surface area contributed by atoms with E-state index >= 15 is 0 Å². The topological polar surface area (TPSA) is 74.7 Å². The Kier molecular flexibility index (Phi) is 4.78. The van der Waals surface area contributed by atoms with Crippen LogP contribution >= 0.6 is 0 Å². The molecule has 1 heterocycles. The van der Waals surface area contributed by atoms with Crippen molar-refractivity contribution in [2.75, 3.05) is 24.6 Å². The summed E-state index contributed by atoms with van der Waals surface area (Å²) < 4.78 is 23.0. The average molecular weight is 277 g/mol. The number of rotatable bonds is 5. The Bertz CT molecular complexity index is 406. The van der Waals surface area contributed by atoms with Gasteiger partial charge in [-0.1, -0.05) is 13.3 Å². The molecular weight excluding hydrogens is 254 g/mol. The summed E-state index contributed by atoms with van der Waals surface area (Å²) in [6, 6.07) is -0.0979. The molecule has 5 nitrogen and oxygen atoms in total. The molecule has 0 aromatic heterocycles. The van der Waals surface area contributed by atoms with Gasteiger partial charge in [-0.3, -0.25) is 9.69 Å². The molecule has 2 atom stereocenters. The number of nitrogens with zero attached hydrogens (tertiary/aromatic N) is 1. The molecule has 0 aliphatic carbocycles. The van der Waals surface area contributed by atoms with Crippen LogP contribution in [0, 0.1) is 5.41 Å². The summed E-state index contributed by atoms with van der Waals surface area (Å²) in [6.07, 6.45) is 1.42. The molecule has 0 spiro atoms. The maximum atomic E-state index is 11.5. The van der Waals surface area contributed by atoms with Crippen molar-refractivity contribution >= 4 is 15.8 Å². The van der Waals surface area contributed by atoms with Crippen molar-refractivity contribution in [2.24, 2.45) is 5.41 Å². The van der Waals surface area contributed by atoms with Crippen molar-refractivity contribution in [1.29, 1.82) is 0 Å². The second kappa shape index (κ2) is 5.57. The maximum absolute atomic E-state index is 11.5. The molecule has 0 bridgehead atoms. The molecule has 2 unspecified atom stereocenters. The molecule has 1 fully saturated rings. The summed E-state index contributed by atoms with van der Waals surface area (Å²) in [5, 5.41) is 9.34. The Morgan fingerprint density at radius 1 is 1.50 bits per heavy atom. The largest absolute Gasteiger partial charge is 0.481 e. The van der Waals surface area contributed by atoms with E-state index in [9.17, 15) is 18.3 Å². The van der Waals surface area contributed by atoms with Crippen molar-refractivity contribution in [2.45, 2.75) is 39.7 Å². The first-order valence-corrected chi connectivity index (χ1v) is 8.20. The Morgan fingerprint density at radius 3 is 2.56 bits per heavy atom. The van der Waals surface area contributed by atoms with Crippen molar-refractivity contribution in [1.82, 2.24) is 4.90 Å². The first kappa shape index (κ1) is 15.4. The standard InChI is InChI=1S/C12H23NO4S/c1-4-5-12(3,11(14)15)9-13-6-7-18(16,17)8-10(13)2/h10H,4-9H2,1-3H3,(H,14,15). The van der Waals surface area contributed by atoms with Gasteiger partial charge in [-0.25, -0.2) is 8.42 Å². The highest BCUT2D eigenvalue weighted by atomic mass is 32.2. The second-order valence-electron chi connectivity index (χ2n) is 5.55. The van der Waals surface area contributed by atoms with E-state index in [0.717, 1.165) is 6.42 Å². The Labute approximate surface area is 109 Å². The fourth-order valence-electron chi connectivity index (χ4n) is 2.52. The number of sulfone groups is 1.